The maximum atomic E-state index is 11.5. The molecule has 2 rings (SSSR count). The van der Waals surface area contributed by atoms with Crippen LogP contribution in [0.5, 0.6) is 0 Å². The average molecular weight is 302 g/mol. The number of piperazine rings is 1. The molecule has 0 aromatic carbocycles. The maximum Gasteiger partial charge on any atom is 0.243 e. The number of hydrogen-bond acceptors (Lipinski definition) is 5. The molecule has 1 unspecified atom stereocenters. The van der Waals surface area contributed by atoms with Crippen LogP contribution in [0, 0.1) is 0 Å². The lowest BCUT2D eigenvalue weighted by Gasteiger charge is -2.31. The van der Waals surface area contributed by atoms with Crippen molar-refractivity contribution in [1.29, 1.82) is 0 Å². The molecule has 1 aromatic rings. The van der Waals surface area contributed by atoms with E-state index in [4.69, 9.17) is 11.6 Å². The highest BCUT2D eigenvalue weighted by Crippen LogP contribution is 2.14. The highest BCUT2D eigenvalue weighted by atomic mass is 35.5. The number of aryl methyl sites for hydroxylation is 1. The monoisotopic (exact) mass is 301 g/mol. The number of hydrogen-bond donors (Lipinski definition) is 1. The Balaban J connectivity index is 1.81. The summed E-state index contributed by atoms with van der Waals surface area (Å²) in [7, 11) is 0. The predicted octanol–water partition coefficient (Wildman–Crippen LogP) is 1.16. The van der Waals surface area contributed by atoms with Gasteiger partial charge in [0.2, 0.25) is 11.8 Å². The molecule has 5 nitrogen and oxygen atoms in total. The third kappa shape index (κ3) is 3.75. The molecule has 0 bridgehead atoms. The highest BCUT2D eigenvalue weighted by molar-refractivity contribution is 7.09. The first-order valence-electron chi connectivity index (χ1n) is 6.17. The van der Waals surface area contributed by atoms with Gasteiger partial charge in [-0.2, -0.15) is 0 Å². The first kappa shape index (κ1) is 14.4. The number of carbonyl (C=O) groups excluding carboxylic acids is 2. The second-order valence-electron chi connectivity index (χ2n) is 4.53. The minimum atomic E-state index is -0.243. The van der Waals surface area contributed by atoms with Gasteiger partial charge in [-0.05, 0) is 19.9 Å². The molecule has 0 saturated carbocycles. The van der Waals surface area contributed by atoms with Crippen molar-refractivity contribution in [2.75, 3.05) is 13.1 Å². The quantitative estimate of drug-likeness (QED) is 0.655. The van der Waals surface area contributed by atoms with E-state index in [9.17, 15) is 9.59 Å². The van der Waals surface area contributed by atoms with Gasteiger partial charge >= 0.3 is 0 Å². The first-order valence-corrected chi connectivity index (χ1v) is 7.58. The van der Waals surface area contributed by atoms with Crippen molar-refractivity contribution in [3.8, 4) is 0 Å². The van der Waals surface area contributed by atoms with Crippen molar-refractivity contribution in [3.05, 3.63) is 16.1 Å². The molecule has 1 fully saturated rings. The Hall–Kier alpha value is -0.980. The molecule has 1 aromatic heterocycles. The molecule has 1 atom stereocenters. The molecule has 2 amide bonds. The van der Waals surface area contributed by atoms with E-state index in [0.717, 1.165) is 30.1 Å². The summed E-state index contributed by atoms with van der Waals surface area (Å²) >= 11 is 7.30. The number of imide groups is 1. The highest BCUT2D eigenvalue weighted by Gasteiger charge is 2.29. The Labute approximate surface area is 121 Å². The number of rotatable bonds is 5. The molecule has 0 spiro atoms. The smallest absolute Gasteiger partial charge is 0.243 e. The Kier molecular flexibility index (Phi) is 4.90. The summed E-state index contributed by atoms with van der Waals surface area (Å²) in [5.41, 5.74) is 0.905. The Bertz CT molecular complexity index is 477. The van der Waals surface area contributed by atoms with Gasteiger partial charge in [-0.3, -0.25) is 19.8 Å². The number of alkyl halides is 1. The summed E-state index contributed by atoms with van der Waals surface area (Å²) in [6, 6.07) is -0.243. The van der Waals surface area contributed by atoms with Gasteiger partial charge in [0.25, 0.3) is 0 Å². The van der Waals surface area contributed by atoms with Crippen LogP contribution in [0.3, 0.4) is 0 Å². The minimum Gasteiger partial charge on any atom is -0.294 e. The van der Waals surface area contributed by atoms with Crippen molar-refractivity contribution >= 4 is 34.8 Å². The van der Waals surface area contributed by atoms with Crippen LogP contribution in [0.4, 0.5) is 0 Å². The fraction of sp³-hybridized carbons (Fsp3) is 0.583. The van der Waals surface area contributed by atoms with Crippen LogP contribution in [0.15, 0.2) is 5.38 Å². The van der Waals surface area contributed by atoms with Crippen LogP contribution in [0.2, 0.25) is 0 Å². The zero-order valence-electron chi connectivity index (χ0n) is 10.7. The van der Waals surface area contributed by atoms with E-state index in [1.807, 2.05) is 17.2 Å². The first-order chi connectivity index (χ1) is 9.10. The third-order valence-electron chi connectivity index (χ3n) is 3.11. The zero-order chi connectivity index (χ0) is 13.8. The predicted molar refractivity (Wildman–Crippen MR) is 74.2 cm³/mol. The van der Waals surface area contributed by atoms with Crippen LogP contribution in [0.25, 0.3) is 0 Å². The fourth-order valence-electron chi connectivity index (χ4n) is 2.00. The summed E-state index contributed by atoms with van der Waals surface area (Å²) < 4.78 is 0. The van der Waals surface area contributed by atoms with Gasteiger partial charge in [-0.25, -0.2) is 4.98 Å². The number of halogens is 1. The van der Waals surface area contributed by atoms with Gasteiger partial charge in [0, 0.05) is 11.8 Å². The number of carbonyl (C=O) groups is 2. The van der Waals surface area contributed by atoms with E-state index < -0.39 is 0 Å². The number of aromatic nitrogens is 1. The molecule has 104 valence electrons. The van der Waals surface area contributed by atoms with E-state index in [-0.39, 0.29) is 24.4 Å². The molecular formula is C12H16ClN3O2S. The van der Waals surface area contributed by atoms with Crippen molar-refractivity contribution in [3.63, 3.8) is 0 Å². The van der Waals surface area contributed by atoms with E-state index in [1.54, 1.807) is 11.3 Å². The summed E-state index contributed by atoms with van der Waals surface area (Å²) in [5, 5.41) is 5.35. The average Bonchev–Trinajstić information content (AvgIpc) is 2.83. The van der Waals surface area contributed by atoms with Crippen LogP contribution >= 0.6 is 22.9 Å². The number of nitrogens with one attached hydrogen (secondary N) is 1. The summed E-state index contributed by atoms with van der Waals surface area (Å²) in [6.45, 7) is 2.82. The summed E-state index contributed by atoms with van der Waals surface area (Å²) in [5.74, 6) is 0.00521. The van der Waals surface area contributed by atoms with Crippen molar-refractivity contribution < 1.29 is 9.59 Å². The van der Waals surface area contributed by atoms with Gasteiger partial charge in [-0.1, -0.05) is 0 Å². The van der Waals surface area contributed by atoms with E-state index in [0.29, 0.717) is 5.88 Å². The van der Waals surface area contributed by atoms with Crippen LogP contribution < -0.4 is 5.32 Å². The van der Waals surface area contributed by atoms with Crippen molar-refractivity contribution in [1.82, 2.24) is 15.2 Å². The number of thiazole rings is 1. The molecule has 0 aliphatic carbocycles. The molecular weight excluding hydrogens is 286 g/mol. The largest absolute Gasteiger partial charge is 0.294 e. The van der Waals surface area contributed by atoms with Crippen molar-refractivity contribution in [2.45, 2.75) is 31.7 Å². The number of amides is 2. The molecule has 1 saturated heterocycles. The molecule has 7 heteroatoms. The minimum absolute atomic E-state index is 0.213. The SMILES string of the molecule is CC1C(=O)NC(=O)CN1CCCc1nc(CCl)cs1. The van der Waals surface area contributed by atoms with Crippen LogP contribution in [0.1, 0.15) is 24.0 Å². The van der Waals surface area contributed by atoms with Gasteiger partial charge < -0.3 is 0 Å². The van der Waals surface area contributed by atoms with Crippen molar-refractivity contribution in [2.24, 2.45) is 0 Å². The molecule has 1 aliphatic rings. The summed E-state index contributed by atoms with van der Waals surface area (Å²) in [6.07, 6.45) is 1.72. The second kappa shape index (κ2) is 6.45. The molecule has 1 aliphatic heterocycles. The Morgan fingerprint density at radius 1 is 1.58 bits per heavy atom. The van der Waals surface area contributed by atoms with Gasteiger partial charge in [0.15, 0.2) is 0 Å². The number of nitrogens with zero attached hydrogens (tertiary/aromatic N) is 2. The third-order valence-corrected chi connectivity index (χ3v) is 4.34. The van der Waals surface area contributed by atoms with E-state index >= 15 is 0 Å². The molecule has 0 radical (unpaired) electrons. The molecule has 1 N–H and O–H groups in total. The Morgan fingerprint density at radius 3 is 3.05 bits per heavy atom. The summed E-state index contributed by atoms with van der Waals surface area (Å²) in [4.78, 5) is 29.1. The fourth-order valence-corrected chi connectivity index (χ4v) is 3.07. The zero-order valence-corrected chi connectivity index (χ0v) is 12.3. The lowest BCUT2D eigenvalue weighted by molar-refractivity contribution is -0.139. The normalized spacial score (nSPS) is 20.6. The standard InChI is InChI=1S/C12H16ClN3O2S/c1-8-12(18)15-10(17)6-16(8)4-2-3-11-14-9(5-13)7-19-11/h7-8H,2-6H2,1H3,(H,15,17,18). The van der Waals surface area contributed by atoms with E-state index in [2.05, 4.69) is 10.3 Å². The maximum absolute atomic E-state index is 11.5. The molecule has 19 heavy (non-hydrogen) atoms. The topological polar surface area (TPSA) is 62.3 Å². The van der Waals surface area contributed by atoms with Gasteiger partial charge in [0.1, 0.15) is 0 Å². The molecule has 2 heterocycles. The van der Waals surface area contributed by atoms with E-state index in [1.165, 1.54) is 0 Å². The lowest BCUT2D eigenvalue weighted by Crippen LogP contribution is -2.56. The van der Waals surface area contributed by atoms with Crippen LogP contribution in [-0.4, -0.2) is 40.8 Å². The lowest BCUT2D eigenvalue weighted by atomic mass is 10.2. The second-order valence-corrected chi connectivity index (χ2v) is 5.74. The van der Waals surface area contributed by atoms with Gasteiger partial charge in [0.05, 0.1) is 29.2 Å². The van der Waals surface area contributed by atoms with Gasteiger partial charge in [-0.15, -0.1) is 22.9 Å². The Morgan fingerprint density at radius 2 is 2.37 bits per heavy atom. The van der Waals surface area contributed by atoms with Crippen LogP contribution in [-0.2, 0) is 21.9 Å².